The molecule has 2 aromatic carbocycles. The third-order valence-electron chi connectivity index (χ3n) is 5.51. The summed E-state index contributed by atoms with van der Waals surface area (Å²) in [6.45, 7) is 6.93. The zero-order chi connectivity index (χ0) is 17.8. The fourth-order valence-corrected chi connectivity index (χ4v) is 4.34. The molecule has 4 heteroatoms. The molecule has 2 aliphatic rings. The molecular weight excluding hydrogens is 376 g/mol. The average molecular weight is 397 g/mol. The summed E-state index contributed by atoms with van der Waals surface area (Å²) in [5, 5.41) is 3.26. The van der Waals surface area contributed by atoms with Gasteiger partial charge in [-0.05, 0) is 42.3 Å². The Labute approximate surface area is 156 Å². The van der Waals surface area contributed by atoms with Gasteiger partial charge in [-0.1, -0.05) is 65.7 Å². The molecular formula is C21H21BrN2O. The van der Waals surface area contributed by atoms with Crippen LogP contribution in [-0.2, 0) is 10.2 Å². The van der Waals surface area contributed by atoms with E-state index in [0.717, 1.165) is 15.7 Å². The van der Waals surface area contributed by atoms with Crippen molar-refractivity contribution in [3.63, 3.8) is 0 Å². The maximum atomic E-state index is 12.3. The zero-order valence-corrected chi connectivity index (χ0v) is 16.2. The summed E-state index contributed by atoms with van der Waals surface area (Å²) >= 11 is 3.47. The van der Waals surface area contributed by atoms with Crippen LogP contribution in [0, 0.1) is 6.92 Å². The van der Waals surface area contributed by atoms with E-state index in [1.54, 1.807) is 0 Å². The monoisotopic (exact) mass is 396 g/mol. The number of nitrogens with zero attached hydrogens (tertiary/aromatic N) is 1. The lowest BCUT2D eigenvalue weighted by Gasteiger charge is -2.40. The molecule has 2 aliphatic heterocycles. The Bertz CT molecular complexity index is 885. The van der Waals surface area contributed by atoms with Crippen molar-refractivity contribution in [3.8, 4) is 0 Å². The van der Waals surface area contributed by atoms with Crippen LogP contribution in [0.25, 0.3) is 6.08 Å². The van der Waals surface area contributed by atoms with Crippen molar-refractivity contribution in [3.05, 3.63) is 69.7 Å². The number of anilines is 1. The summed E-state index contributed by atoms with van der Waals surface area (Å²) in [5.41, 5.74) is 4.02. The molecule has 0 aromatic heterocycles. The Morgan fingerprint density at radius 2 is 1.88 bits per heavy atom. The lowest BCUT2D eigenvalue weighted by molar-refractivity contribution is -0.118. The minimum atomic E-state index is -0.534. The third kappa shape index (κ3) is 2.35. The van der Waals surface area contributed by atoms with Crippen molar-refractivity contribution in [1.82, 2.24) is 5.32 Å². The molecule has 1 amide bonds. The normalized spacial score (nSPS) is 23.7. The average Bonchev–Trinajstić information content (AvgIpc) is 2.99. The van der Waals surface area contributed by atoms with Gasteiger partial charge in [-0.15, -0.1) is 0 Å². The minimum Gasteiger partial charge on any atom is -0.335 e. The maximum absolute atomic E-state index is 12.3. The van der Waals surface area contributed by atoms with Gasteiger partial charge in [0.2, 0.25) is 5.91 Å². The molecule has 1 fully saturated rings. The van der Waals surface area contributed by atoms with Crippen molar-refractivity contribution >= 4 is 33.6 Å². The van der Waals surface area contributed by atoms with Crippen LogP contribution in [0.5, 0.6) is 0 Å². The standard InChI is InChI=1S/C21H21BrN2O/c1-14-4-9-18-17(12-14)20(2,3)21(23-19(25)13-24(18)21)11-10-15-5-7-16(22)8-6-15/h4-12H,13H2,1-3H3,(H,23,25)/t21-/m1/s1. The molecule has 2 aromatic rings. The molecule has 1 atom stereocenters. The third-order valence-corrected chi connectivity index (χ3v) is 6.04. The Hall–Kier alpha value is -2.07. The van der Waals surface area contributed by atoms with Crippen molar-refractivity contribution in [1.29, 1.82) is 0 Å². The molecule has 1 N–H and O–H groups in total. The number of carbonyl (C=O) groups is 1. The van der Waals surface area contributed by atoms with Crippen LogP contribution in [-0.4, -0.2) is 18.1 Å². The van der Waals surface area contributed by atoms with Gasteiger partial charge in [-0.2, -0.15) is 0 Å². The topological polar surface area (TPSA) is 32.3 Å². The van der Waals surface area contributed by atoms with Gasteiger partial charge in [0.25, 0.3) is 0 Å². The van der Waals surface area contributed by atoms with E-state index in [1.807, 2.05) is 12.1 Å². The SMILES string of the molecule is Cc1ccc2c(c1)C(C)(C)[C@]1(C=Cc3ccc(Br)cc3)NC(=O)CN21. The Morgan fingerprint density at radius 3 is 2.60 bits per heavy atom. The highest BCUT2D eigenvalue weighted by molar-refractivity contribution is 9.10. The molecule has 1 saturated heterocycles. The number of halogens is 1. The Kier molecular flexibility index (Phi) is 3.58. The summed E-state index contributed by atoms with van der Waals surface area (Å²) in [6.07, 6.45) is 4.25. The van der Waals surface area contributed by atoms with Crippen LogP contribution in [0.4, 0.5) is 5.69 Å². The van der Waals surface area contributed by atoms with Crippen LogP contribution < -0.4 is 10.2 Å². The molecule has 25 heavy (non-hydrogen) atoms. The second-order valence-corrected chi connectivity index (χ2v) is 8.35. The van der Waals surface area contributed by atoms with Crippen LogP contribution in [0.2, 0.25) is 0 Å². The lowest BCUT2D eigenvalue weighted by atomic mass is 9.75. The predicted molar refractivity (Wildman–Crippen MR) is 106 cm³/mol. The Balaban J connectivity index is 1.83. The quantitative estimate of drug-likeness (QED) is 0.815. The molecule has 0 aliphatic carbocycles. The van der Waals surface area contributed by atoms with E-state index in [0.29, 0.717) is 6.54 Å². The summed E-state index contributed by atoms with van der Waals surface area (Å²) < 4.78 is 1.06. The van der Waals surface area contributed by atoms with E-state index < -0.39 is 5.66 Å². The molecule has 0 radical (unpaired) electrons. The second-order valence-electron chi connectivity index (χ2n) is 7.43. The summed E-state index contributed by atoms with van der Waals surface area (Å²) in [7, 11) is 0. The van der Waals surface area contributed by atoms with Crippen LogP contribution >= 0.6 is 15.9 Å². The van der Waals surface area contributed by atoms with Gasteiger partial charge in [0, 0.05) is 15.6 Å². The van der Waals surface area contributed by atoms with Gasteiger partial charge in [0.15, 0.2) is 0 Å². The van der Waals surface area contributed by atoms with Gasteiger partial charge in [-0.3, -0.25) is 4.79 Å². The highest BCUT2D eigenvalue weighted by Gasteiger charge is 2.59. The molecule has 2 heterocycles. The number of nitrogens with one attached hydrogen (secondary N) is 1. The van der Waals surface area contributed by atoms with Gasteiger partial charge < -0.3 is 10.2 Å². The molecule has 0 unspecified atom stereocenters. The number of hydrogen-bond donors (Lipinski definition) is 1. The zero-order valence-electron chi connectivity index (χ0n) is 14.6. The highest BCUT2D eigenvalue weighted by Crippen LogP contribution is 2.53. The van der Waals surface area contributed by atoms with Crippen molar-refractivity contribution < 1.29 is 4.79 Å². The van der Waals surface area contributed by atoms with E-state index in [2.05, 4.69) is 89.4 Å². The molecule has 4 rings (SSSR count). The van der Waals surface area contributed by atoms with E-state index in [1.165, 1.54) is 11.1 Å². The lowest BCUT2D eigenvalue weighted by Crippen LogP contribution is -2.58. The van der Waals surface area contributed by atoms with E-state index >= 15 is 0 Å². The number of benzene rings is 2. The Morgan fingerprint density at radius 1 is 1.16 bits per heavy atom. The number of amides is 1. The number of hydrogen-bond acceptors (Lipinski definition) is 2. The van der Waals surface area contributed by atoms with Crippen LogP contribution in [0.1, 0.15) is 30.5 Å². The number of carbonyl (C=O) groups excluding carboxylic acids is 1. The number of aryl methyl sites for hydroxylation is 1. The largest absolute Gasteiger partial charge is 0.335 e. The van der Waals surface area contributed by atoms with Crippen molar-refractivity contribution in [2.24, 2.45) is 0 Å². The fraction of sp³-hybridized carbons (Fsp3) is 0.286. The summed E-state index contributed by atoms with van der Waals surface area (Å²) in [5.74, 6) is 0.0692. The molecule has 3 nitrogen and oxygen atoms in total. The van der Waals surface area contributed by atoms with E-state index in [-0.39, 0.29) is 11.3 Å². The number of fused-ring (bicyclic) bond motifs is 3. The van der Waals surface area contributed by atoms with Crippen molar-refractivity contribution in [2.45, 2.75) is 31.8 Å². The van der Waals surface area contributed by atoms with E-state index in [9.17, 15) is 4.79 Å². The van der Waals surface area contributed by atoms with Crippen LogP contribution in [0.15, 0.2) is 53.0 Å². The highest BCUT2D eigenvalue weighted by atomic mass is 79.9. The van der Waals surface area contributed by atoms with Gasteiger partial charge in [-0.25, -0.2) is 0 Å². The fourth-order valence-electron chi connectivity index (χ4n) is 4.08. The van der Waals surface area contributed by atoms with Crippen molar-refractivity contribution in [2.75, 3.05) is 11.4 Å². The molecule has 0 bridgehead atoms. The number of rotatable bonds is 2. The smallest absolute Gasteiger partial charge is 0.241 e. The first-order chi connectivity index (χ1) is 11.8. The van der Waals surface area contributed by atoms with Gasteiger partial charge in [0.05, 0.1) is 6.54 Å². The van der Waals surface area contributed by atoms with Gasteiger partial charge in [0.1, 0.15) is 5.66 Å². The first kappa shape index (κ1) is 16.4. The van der Waals surface area contributed by atoms with E-state index in [4.69, 9.17) is 0 Å². The summed E-state index contributed by atoms with van der Waals surface area (Å²) in [6, 6.07) is 14.7. The second kappa shape index (κ2) is 5.46. The minimum absolute atomic E-state index is 0.0692. The first-order valence-corrected chi connectivity index (χ1v) is 9.27. The first-order valence-electron chi connectivity index (χ1n) is 8.48. The van der Waals surface area contributed by atoms with Gasteiger partial charge >= 0.3 is 0 Å². The maximum Gasteiger partial charge on any atom is 0.241 e. The molecule has 128 valence electrons. The van der Waals surface area contributed by atoms with Crippen LogP contribution in [0.3, 0.4) is 0 Å². The predicted octanol–water partition coefficient (Wildman–Crippen LogP) is 4.39. The molecule has 0 saturated carbocycles. The molecule has 0 spiro atoms. The summed E-state index contributed by atoms with van der Waals surface area (Å²) in [4.78, 5) is 14.5.